The maximum Gasteiger partial charge on any atom is 0.408 e. The Balaban J connectivity index is 2.40. The summed E-state index contributed by atoms with van der Waals surface area (Å²) in [6.45, 7) is 7.63. The fourth-order valence-electron chi connectivity index (χ4n) is 4.42. The summed E-state index contributed by atoms with van der Waals surface area (Å²) in [4.78, 5) is 40.7. The Kier molecular flexibility index (Phi) is 10.5. The third-order valence-electron chi connectivity index (χ3n) is 6.03. The second kappa shape index (κ2) is 12.9. The first kappa shape index (κ1) is 28.6. The minimum Gasteiger partial charge on any atom is -0.444 e. The van der Waals surface area contributed by atoms with E-state index in [1.807, 2.05) is 32.0 Å². The van der Waals surface area contributed by atoms with E-state index in [1.54, 1.807) is 20.8 Å². The third kappa shape index (κ3) is 8.50. The summed E-state index contributed by atoms with van der Waals surface area (Å²) in [5.74, 6) is -1.03. The van der Waals surface area contributed by atoms with Crippen molar-refractivity contribution in [2.75, 3.05) is 19.8 Å². The summed E-state index contributed by atoms with van der Waals surface area (Å²) in [5.41, 5.74) is 1.67. The van der Waals surface area contributed by atoms with Crippen molar-refractivity contribution in [2.24, 2.45) is 0 Å². The summed E-state index contributed by atoms with van der Waals surface area (Å²) < 4.78 is 5.22. The molecule has 1 aliphatic rings. The Bertz CT molecular complexity index is 876. The molecule has 35 heavy (non-hydrogen) atoms. The molecule has 2 unspecified atom stereocenters. The Hall–Kier alpha value is -2.65. The van der Waals surface area contributed by atoms with E-state index in [0.29, 0.717) is 5.56 Å². The molecule has 1 aliphatic carbocycles. The van der Waals surface area contributed by atoms with E-state index >= 15 is 0 Å². The Morgan fingerprint density at radius 3 is 2.31 bits per heavy atom. The van der Waals surface area contributed by atoms with Gasteiger partial charge in [0.15, 0.2) is 0 Å². The van der Waals surface area contributed by atoms with Gasteiger partial charge in [-0.1, -0.05) is 43.0 Å². The van der Waals surface area contributed by atoms with Crippen LogP contribution < -0.4 is 10.6 Å². The van der Waals surface area contributed by atoms with E-state index in [-0.39, 0.29) is 18.5 Å². The number of alkyl carbamates (subject to hydrolysis) is 1. The monoisotopic (exact) mass is 491 g/mol. The highest BCUT2D eigenvalue weighted by molar-refractivity contribution is 5.92. The van der Waals surface area contributed by atoms with Gasteiger partial charge in [0.05, 0.1) is 13.2 Å². The fourth-order valence-corrected chi connectivity index (χ4v) is 4.42. The van der Waals surface area contributed by atoms with Crippen molar-refractivity contribution >= 4 is 17.9 Å². The van der Waals surface area contributed by atoms with Crippen molar-refractivity contribution in [3.8, 4) is 0 Å². The molecule has 1 aromatic rings. The maximum absolute atomic E-state index is 13.6. The summed E-state index contributed by atoms with van der Waals surface area (Å²) in [7, 11) is 0. The van der Waals surface area contributed by atoms with Gasteiger partial charge >= 0.3 is 6.09 Å². The van der Waals surface area contributed by atoms with E-state index in [4.69, 9.17) is 4.74 Å². The smallest absolute Gasteiger partial charge is 0.408 e. The van der Waals surface area contributed by atoms with Crippen LogP contribution in [0.2, 0.25) is 0 Å². The topological polar surface area (TPSA) is 128 Å². The number of hydrogen-bond acceptors (Lipinski definition) is 6. The molecule has 0 radical (unpaired) electrons. The van der Waals surface area contributed by atoms with Gasteiger partial charge in [0, 0.05) is 12.6 Å². The van der Waals surface area contributed by atoms with E-state index < -0.39 is 42.9 Å². The number of carbonyl (C=O) groups excluding carboxylic acids is 3. The molecule has 9 nitrogen and oxygen atoms in total. The minimum absolute atomic E-state index is 0.0177. The van der Waals surface area contributed by atoms with Gasteiger partial charge in [-0.15, -0.1) is 0 Å². The van der Waals surface area contributed by atoms with Crippen LogP contribution in [0.15, 0.2) is 18.2 Å². The molecule has 1 aromatic carbocycles. The molecule has 0 heterocycles. The second-order valence-corrected chi connectivity index (χ2v) is 10.2. The van der Waals surface area contributed by atoms with Gasteiger partial charge in [0.1, 0.15) is 17.7 Å². The molecule has 0 bridgehead atoms. The largest absolute Gasteiger partial charge is 0.444 e. The number of nitrogens with one attached hydrogen (secondary N) is 2. The van der Waals surface area contributed by atoms with Crippen LogP contribution in [0.4, 0.5) is 4.79 Å². The highest BCUT2D eigenvalue weighted by Crippen LogP contribution is 2.27. The number of amides is 3. The lowest BCUT2D eigenvalue weighted by molar-refractivity contribution is -0.144. The van der Waals surface area contributed by atoms with Gasteiger partial charge < -0.3 is 30.5 Å². The normalized spacial score (nSPS) is 16.2. The van der Waals surface area contributed by atoms with Crippen LogP contribution in [0.1, 0.15) is 75.6 Å². The second-order valence-electron chi connectivity index (χ2n) is 10.2. The zero-order chi connectivity index (χ0) is 26.2. The van der Waals surface area contributed by atoms with Gasteiger partial charge in [-0.05, 0) is 58.6 Å². The number of aryl methyl sites for hydroxylation is 2. The van der Waals surface area contributed by atoms with Crippen LogP contribution >= 0.6 is 0 Å². The number of nitrogens with zero attached hydrogens (tertiary/aromatic N) is 1. The van der Waals surface area contributed by atoms with Crippen LogP contribution in [-0.2, 0) is 14.3 Å². The Morgan fingerprint density at radius 1 is 1.11 bits per heavy atom. The van der Waals surface area contributed by atoms with Gasteiger partial charge in [0.2, 0.25) is 11.8 Å². The quantitative estimate of drug-likeness (QED) is 0.420. The summed E-state index contributed by atoms with van der Waals surface area (Å²) in [5, 5.41) is 25.2. The van der Waals surface area contributed by atoms with Gasteiger partial charge in [-0.25, -0.2) is 4.79 Å². The van der Waals surface area contributed by atoms with Crippen LogP contribution in [0.5, 0.6) is 0 Å². The average Bonchev–Trinajstić information content (AvgIpc) is 2.77. The molecule has 0 saturated heterocycles. The zero-order valence-corrected chi connectivity index (χ0v) is 21.6. The van der Waals surface area contributed by atoms with Gasteiger partial charge in [-0.3, -0.25) is 9.59 Å². The van der Waals surface area contributed by atoms with E-state index in [0.717, 1.165) is 43.2 Å². The number of hydrogen-bond donors (Lipinski definition) is 4. The highest BCUT2D eigenvalue weighted by Gasteiger charge is 2.37. The third-order valence-corrected chi connectivity index (χ3v) is 6.03. The van der Waals surface area contributed by atoms with E-state index in [1.165, 1.54) is 4.90 Å². The average molecular weight is 492 g/mol. The van der Waals surface area contributed by atoms with Crippen molar-refractivity contribution in [2.45, 2.75) is 90.4 Å². The number of carbonyl (C=O) groups is 3. The maximum atomic E-state index is 13.6. The Morgan fingerprint density at radius 2 is 1.77 bits per heavy atom. The SMILES string of the molecule is Cc1ccc(C(C(=O)NC2CCCCC2)N(CCO)C(=O)C(CO)NC(=O)OC(C)(C)C)c(C)c1. The molecule has 2 rings (SSSR count). The summed E-state index contributed by atoms with van der Waals surface area (Å²) in [6.07, 6.45) is 4.09. The minimum atomic E-state index is -1.34. The molecule has 4 N–H and O–H groups in total. The van der Waals surface area contributed by atoms with Crippen molar-refractivity contribution in [3.05, 3.63) is 34.9 Å². The van der Waals surface area contributed by atoms with Crippen LogP contribution in [0.3, 0.4) is 0 Å². The predicted octanol–water partition coefficient (Wildman–Crippen LogP) is 2.50. The van der Waals surface area contributed by atoms with Crippen molar-refractivity contribution < 1.29 is 29.3 Å². The Labute approximate surface area is 208 Å². The lowest BCUT2D eigenvalue weighted by Gasteiger charge is -2.35. The van der Waals surface area contributed by atoms with Crippen LogP contribution in [-0.4, -0.2) is 70.5 Å². The summed E-state index contributed by atoms with van der Waals surface area (Å²) in [6, 6.07) is 3.25. The number of benzene rings is 1. The van der Waals surface area contributed by atoms with Crippen molar-refractivity contribution in [1.29, 1.82) is 0 Å². The lowest BCUT2D eigenvalue weighted by atomic mass is 9.93. The first-order chi connectivity index (χ1) is 16.5. The molecule has 0 aromatic heterocycles. The molecular formula is C26H41N3O6. The van der Waals surface area contributed by atoms with Crippen LogP contribution in [0.25, 0.3) is 0 Å². The zero-order valence-electron chi connectivity index (χ0n) is 21.6. The molecular weight excluding hydrogens is 450 g/mol. The van der Waals surface area contributed by atoms with E-state index in [9.17, 15) is 24.6 Å². The molecule has 1 fully saturated rings. The predicted molar refractivity (Wildman–Crippen MR) is 133 cm³/mol. The number of ether oxygens (including phenoxy) is 1. The first-order valence-corrected chi connectivity index (χ1v) is 12.4. The molecule has 0 aliphatic heterocycles. The van der Waals surface area contributed by atoms with Gasteiger partial charge in [0.25, 0.3) is 0 Å². The fraction of sp³-hybridized carbons (Fsp3) is 0.654. The lowest BCUT2D eigenvalue weighted by Crippen LogP contribution is -2.55. The molecule has 9 heteroatoms. The first-order valence-electron chi connectivity index (χ1n) is 12.4. The molecule has 196 valence electrons. The van der Waals surface area contributed by atoms with Crippen molar-refractivity contribution in [3.63, 3.8) is 0 Å². The molecule has 1 saturated carbocycles. The van der Waals surface area contributed by atoms with Crippen LogP contribution in [0, 0.1) is 13.8 Å². The number of aliphatic hydroxyl groups is 2. The molecule has 0 spiro atoms. The highest BCUT2D eigenvalue weighted by atomic mass is 16.6. The molecule has 3 amide bonds. The standard InChI is InChI=1S/C26H41N3O6/c1-17-11-12-20(18(2)15-17)22(23(32)27-19-9-7-6-8-10-19)29(13-14-30)24(33)21(16-31)28-25(34)35-26(3,4)5/h11-12,15,19,21-22,30-31H,6-10,13-14,16H2,1-5H3,(H,27,32)(H,28,34). The summed E-state index contributed by atoms with van der Waals surface area (Å²) >= 11 is 0. The number of aliphatic hydroxyl groups excluding tert-OH is 2. The van der Waals surface area contributed by atoms with Crippen molar-refractivity contribution in [1.82, 2.24) is 15.5 Å². The molecule has 2 atom stereocenters. The van der Waals surface area contributed by atoms with Gasteiger partial charge in [-0.2, -0.15) is 0 Å². The number of rotatable bonds is 9. The van der Waals surface area contributed by atoms with E-state index in [2.05, 4.69) is 10.6 Å².